The fourth-order valence-electron chi connectivity index (χ4n) is 2.01. The molecule has 0 aliphatic rings. The molecule has 0 aliphatic carbocycles. The Balaban J connectivity index is 1.88. The molecule has 2 aromatic carbocycles. The average molecular weight is 426 g/mol. The van der Waals surface area contributed by atoms with Crippen molar-refractivity contribution in [2.45, 2.75) is 6.92 Å². The summed E-state index contributed by atoms with van der Waals surface area (Å²) < 4.78 is 2.78. The Morgan fingerprint density at radius 2 is 1.86 bits per heavy atom. The summed E-state index contributed by atoms with van der Waals surface area (Å²) in [5.41, 5.74) is 2.32. The number of aryl methyl sites for hydroxylation is 1. The van der Waals surface area contributed by atoms with Gasteiger partial charge < -0.3 is 5.32 Å². The molecule has 0 spiro atoms. The predicted octanol–water partition coefficient (Wildman–Crippen LogP) is 5.38. The first-order chi connectivity index (χ1) is 10.0. The molecular formula is C15H10Br2N2OS. The first-order valence-electron chi connectivity index (χ1n) is 6.16. The second-order valence-corrected chi connectivity index (χ2v) is 7.59. The molecule has 3 nitrogen and oxygen atoms in total. The molecule has 0 radical (unpaired) electrons. The summed E-state index contributed by atoms with van der Waals surface area (Å²) >= 11 is 8.39. The highest BCUT2D eigenvalue weighted by Crippen LogP contribution is 2.26. The lowest BCUT2D eigenvalue weighted by molar-refractivity contribution is 0.102. The summed E-state index contributed by atoms with van der Waals surface area (Å²) in [5.74, 6) is -0.141. The van der Waals surface area contributed by atoms with Crippen LogP contribution in [0.2, 0.25) is 0 Å². The minimum atomic E-state index is -0.141. The number of rotatable bonds is 2. The third-order valence-electron chi connectivity index (χ3n) is 2.88. The van der Waals surface area contributed by atoms with Gasteiger partial charge in [-0.2, -0.15) is 0 Å². The predicted molar refractivity (Wildman–Crippen MR) is 94.2 cm³/mol. The van der Waals surface area contributed by atoms with Gasteiger partial charge in [-0.3, -0.25) is 4.79 Å². The van der Waals surface area contributed by atoms with Crippen molar-refractivity contribution in [1.82, 2.24) is 4.98 Å². The molecule has 6 heteroatoms. The van der Waals surface area contributed by atoms with Crippen LogP contribution in [0.3, 0.4) is 0 Å². The number of hydrogen-bond donors (Lipinski definition) is 1. The van der Waals surface area contributed by atoms with E-state index in [0.29, 0.717) is 5.56 Å². The molecule has 0 atom stereocenters. The highest BCUT2D eigenvalue weighted by atomic mass is 79.9. The zero-order chi connectivity index (χ0) is 15.0. The van der Waals surface area contributed by atoms with Crippen LogP contribution in [0.1, 0.15) is 15.4 Å². The molecule has 21 heavy (non-hydrogen) atoms. The fraction of sp³-hybridized carbons (Fsp3) is 0.0667. The van der Waals surface area contributed by atoms with E-state index in [0.717, 1.165) is 29.9 Å². The van der Waals surface area contributed by atoms with E-state index >= 15 is 0 Å². The van der Waals surface area contributed by atoms with Crippen molar-refractivity contribution < 1.29 is 4.79 Å². The number of carbonyl (C=O) groups is 1. The largest absolute Gasteiger partial charge is 0.322 e. The van der Waals surface area contributed by atoms with Crippen LogP contribution in [-0.2, 0) is 0 Å². The number of nitrogens with one attached hydrogen (secondary N) is 1. The zero-order valence-electron chi connectivity index (χ0n) is 11.0. The molecule has 0 fully saturated rings. The van der Waals surface area contributed by atoms with Gasteiger partial charge in [0.1, 0.15) is 0 Å². The lowest BCUT2D eigenvalue weighted by Crippen LogP contribution is -2.11. The van der Waals surface area contributed by atoms with Crippen LogP contribution in [0, 0.1) is 6.92 Å². The van der Waals surface area contributed by atoms with E-state index in [4.69, 9.17) is 0 Å². The van der Waals surface area contributed by atoms with E-state index < -0.39 is 0 Å². The number of hydrogen-bond acceptors (Lipinski definition) is 3. The summed E-state index contributed by atoms with van der Waals surface area (Å²) in [7, 11) is 0. The van der Waals surface area contributed by atoms with Gasteiger partial charge in [0.25, 0.3) is 5.91 Å². The molecule has 0 saturated heterocycles. The number of nitrogens with zero attached hydrogens (tertiary/aromatic N) is 1. The third kappa shape index (κ3) is 3.33. The summed E-state index contributed by atoms with van der Waals surface area (Å²) in [6, 6.07) is 11.2. The smallest absolute Gasteiger partial charge is 0.255 e. The number of thiazole rings is 1. The van der Waals surface area contributed by atoms with Crippen molar-refractivity contribution in [1.29, 1.82) is 0 Å². The lowest BCUT2D eigenvalue weighted by Gasteiger charge is -2.06. The minimum Gasteiger partial charge on any atom is -0.322 e. The summed E-state index contributed by atoms with van der Waals surface area (Å²) in [6.45, 7) is 1.97. The first-order valence-corrected chi connectivity index (χ1v) is 8.56. The number of fused-ring (bicyclic) bond motifs is 1. The number of benzene rings is 2. The van der Waals surface area contributed by atoms with E-state index in [1.54, 1.807) is 23.5 Å². The molecule has 0 saturated carbocycles. The monoisotopic (exact) mass is 424 g/mol. The van der Waals surface area contributed by atoms with Crippen molar-refractivity contribution >= 4 is 65.0 Å². The van der Waals surface area contributed by atoms with Gasteiger partial charge in [0, 0.05) is 20.2 Å². The van der Waals surface area contributed by atoms with E-state index in [1.165, 1.54) is 0 Å². The number of anilines is 1. The van der Waals surface area contributed by atoms with Crippen LogP contribution in [0.25, 0.3) is 10.2 Å². The number of aromatic nitrogens is 1. The van der Waals surface area contributed by atoms with E-state index in [-0.39, 0.29) is 5.91 Å². The standard InChI is InChI=1S/C15H10Br2N2OS/c1-8-18-13-3-2-12(7-14(13)21-8)19-15(20)9-4-10(16)6-11(17)5-9/h2-7H,1H3,(H,19,20). The number of carbonyl (C=O) groups excluding carboxylic acids is 1. The molecule has 3 aromatic rings. The molecule has 1 amide bonds. The quantitative estimate of drug-likeness (QED) is 0.598. The summed E-state index contributed by atoms with van der Waals surface area (Å²) in [4.78, 5) is 16.7. The van der Waals surface area contributed by atoms with Gasteiger partial charge in [-0.25, -0.2) is 4.98 Å². The van der Waals surface area contributed by atoms with Crippen molar-refractivity contribution in [3.8, 4) is 0 Å². The Morgan fingerprint density at radius 1 is 1.14 bits per heavy atom. The third-order valence-corrected chi connectivity index (χ3v) is 4.73. The number of amides is 1. The van der Waals surface area contributed by atoms with Crippen molar-refractivity contribution in [2.75, 3.05) is 5.32 Å². The van der Waals surface area contributed by atoms with Gasteiger partial charge in [-0.1, -0.05) is 31.9 Å². The van der Waals surface area contributed by atoms with Crippen LogP contribution < -0.4 is 5.32 Å². The fourth-order valence-corrected chi connectivity index (χ4v) is 4.17. The van der Waals surface area contributed by atoms with Crippen LogP contribution >= 0.6 is 43.2 Å². The second-order valence-electron chi connectivity index (χ2n) is 4.53. The van der Waals surface area contributed by atoms with Crippen LogP contribution in [0.5, 0.6) is 0 Å². The maximum atomic E-state index is 12.3. The Morgan fingerprint density at radius 3 is 2.57 bits per heavy atom. The molecule has 0 unspecified atom stereocenters. The minimum absolute atomic E-state index is 0.141. The maximum Gasteiger partial charge on any atom is 0.255 e. The topological polar surface area (TPSA) is 42.0 Å². The van der Waals surface area contributed by atoms with Crippen LogP contribution in [0.4, 0.5) is 5.69 Å². The Labute approximate surface area is 142 Å². The highest BCUT2D eigenvalue weighted by molar-refractivity contribution is 9.11. The number of halogens is 2. The van der Waals surface area contributed by atoms with Crippen LogP contribution in [-0.4, -0.2) is 10.9 Å². The van der Waals surface area contributed by atoms with Crippen molar-refractivity contribution in [3.63, 3.8) is 0 Å². The summed E-state index contributed by atoms with van der Waals surface area (Å²) in [5, 5.41) is 3.93. The molecule has 1 heterocycles. The zero-order valence-corrected chi connectivity index (χ0v) is 15.0. The van der Waals surface area contributed by atoms with Crippen LogP contribution in [0.15, 0.2) is 45.3 Å². The van der Waals surface area contributed by atoms with Gasteiger partial charge in [-0.15, -0.1) is 11.3 Å². The van der Waals surface area contributed by atoms with E-state index in [9.17, 15) is 4.79 Å². The molecule has 0 bridgehead atoms. The lowest BCUT2D eigenvalue weighted by atomic mass is 10.2. The highest BCUT2D eigenvalue weighted by Gasteiger charge is 2.09. The first kappa shape index (κ1) is 14.7. The Kier molecular flexibility index (Phi) is 4.10. The molecule has 0 aliphatic heterocycles. The second kappa shape index (κ2) is 5.87. The van der Waals surface area contributed by atoms with Gasteiger partial charge in [-0.05, 0) is 43.3 Å². The molecule has 3 rings (SSSR count). The Bertz CT molecular complexity index is 825. The van der Waals surface area contributed by atoms with Crippen molar-refractivity contribution in [2.24, 2.45) is 0 Å². The van der Waals surface area contributed by atoms with E-state index in [1.807, 2.05) is 31.2 Å². The SMILES string of the molecule is Cc1nc2ccc(NC(=O)c3cc(Br)cc(Br)c3)cc2s1. The normalized spacial score (nSPS) is 10.8. The van der Waals surface area contributed by atoms with Gasteiger partial charge in [0.15, 0.2) is 0 Å². The van der Waals surface area contributed by atoms with E-state index in [2.05, 4.69) is 42.2 Å². The summed E-state index contributed by atoms with van der Waals surface area (Å²) in [6.07, 6.45) is 0. The Hall–Kier alpha value is -1.24. The maximum absolute atomic E-state index is 12.3. The van der Waals surface area contributed by atoms with Gasteiger partial charge >= 0.3 is 0 Å². The van der Waals surface area contributed by atoms with Crippen molar-refractivity contribution in [3.05, 3.63) is 55.9 Å². The average Bonchev–Trinajstić information content (AvgIpc) is 2.77. The van der Waals surface area contributed by atoms with Gasteiger partial charge in [0.05, 0.1) is 15.2 Å². The molecular weight excluding hydrogens is 416 g/mol. The molecule has 1 aromatic heterocycles. The molecule has 1 N–H and O–H groups in total. The molecule has 106 valence electrons. The van der Waals surface area contributed by atoms with Gasteiger partial charge in [0.2, 0.25) is 0 Å².